The van der Waals surface area contributed by atoms with Crippen molar-refractivity contribution in [2.24, 2.45) is 5.73 Å². The third-order valence-electron chi connectivity index (χ3n) is 1.56. The van der Waals surface area contributed by atoms with E-state index in [-0.39, 0.29) is 5.70 Å². The van der Waals surface area contributed by atoms with E-state index in [2.05, 4.69) is 4.98 Å². The third kappa shape index (κ3) is 1.11. The molecule has 6 heteroatoms. The van der Waals surface area contributed by atoms with E-state index < -0.39 is 11.8 Å². The van der Waals surface area contributed by atoms with Crippen molar-refractivity contribution in [2.75, 3.05) is 4.90 Å². The van der Waals surface area contributed by atoms with E-state index in [4.69, 9.17) is 5.73 Å². The van der Waals surface area contributed by atoms with Gasteiger partial charge in [-0.3, -0.25) is 9.59 Å². The summed E-state index contributed by atoms with van der Waals surface area (Å²) >= 11 is 1.21. The summed E-state index contributed by atoms with van der Waals surface area (Å²) in [4.78, 5) is 27.3. The molecule has 1 aliphatic rings. The highest BCUT2D eigenvalue weighted by atomic mass is 32.1. The van der Waals surface area contributed by atoms with Gasteiger partial charge in [-0.25, -0.2) is 9.88 Å². The van der Waals surface area contributed by atoms with Crippen LogP contribution in [0, 0.1) is 0 Å². The SMILES string of the molecule is NC1=CC(=O)N(c2nccs2)C1=O. The summed E-state index contributed by atoms with van der Waals surface area (Å²) in [5, 5.41) is 2.04. The second-order valence-electron chi connectivity index (χ2n) is 2.39. The normalized spacial score (nSPS) is 16.6. The van der Waals surface area contributed by atoms with Crippen molar-refractivity contribution in [3.63, 3.8) is 0 Å². The van der Waals surface area contributed by atoms with Crippen LogP contribution in [0.2, 0.25) is 0 Å². The number of aromatic nitrogens is 1. The zero-order chi connectivity index (χ0) is 9.42. The first kappa shape index (κ1) is 7.93. The molecule has 1 aromatic heterocycles. The Bertz CT molecular complexity index is 396. The molecule has 1 aromatic rings. The molecule has 0 saturated heterocycles. The van der Waals surface area contributed by atoms with Gasteiger partial charge >= 0.3 is 0 Å². The number of nitrogens with zero attached hydrogens (tertiary/aromatic N) is 2. The number of amides is 2. The van der Waals surface area contributed by atoms with E-state index in [0.29, 0.717) is 5.13 Å². The molecule has 2 amide bonds. The fourth-order valence-corrected chi connectivity index (χ4v) is 1.64. The molecule has 0 radical (unpaired) electrons. The predicted octanol–water partition coefficient (Wildman–Crippen LogP) is -0.141. The summed E-state index contributed by atoms with van der Waals surface area (Å²) in [7, 11) is 0. The Morgan fingerprint density at radius 1 is 1.46 bits per heavy atom. The minimum Gasteiger partial charge on any atom is -0.394 e. The zero-order valence-electron chi connectivity index (χ0n) is 6.43. The highest BCUT2D eigenvalue weighted by Gasteiger charge is 2.32. The number of carbonyl (C=O) groups excluding carboxylic acids is 2. The fourth-order valence-electron chi connectivity index (χ4n) is 0.996. The summed E-state index contributed by atoms with van der Waals surface area (Å²) in [5.74, 6) is -0.933. The zero-order valence-corrected chi connectivity index (χ0v) is 7.25. The van der Waals surface area contributed by atoms with Gasteiger partial charge in [-0.15, -0.1) is 11.3 Å². The van der Waals surface area contributed by atoms with Gasteiger partial charge < -0.3 is 5.73 Å². The maximum absolute atomic E-state index is 11.3. The number of anilines is 1. The van der Waals surface area contributed by atoms with Crippen molar-refractivity contribution < 1.29 is 9.59 Å². The third-order valence-corrected chi connectivity index (χ3v) is 2.32. The maximum atomic E-state index is 11.3. The number of imide groups is 1. The van der Waals surface area contributed by atoms with Gasteiger partial charge in [-0.1, -0.05) is 0 Å². The molecule has 66 valence electrons. The number of nitrogens with two attached hydrogens (primary N) is 1. The Hall–Kier alpha value is -1.69. The molecular formula is C7H5N3O2S. The van der Waals surface area contributed by atoms with Crippen LogP contribution in [0.5, 0.6) is 0 Å². The van der Waals surface area contributed by atoms with Crippen molar-refractivity contribution in [2.45, 2.75) is 0 Å². The number of thiazole rings is 1. The van der Waals surface area contributed by atoms with Crippen LogP contribution in [-0.4, -0.2) is 16.8 Å². The maximum Gasteiger partial charge on any atom is 0.283 e. The van der Waals surface area contributed by atoms with Crippen LogP contribution in [0.4, 0.5) is 5.13 Å². The second-order valence-corrected chi connectivity index (χ2v) is 3.27. The first-order chi connectivity index (χ1) is 6.20. The topological polar surface area (TPSA) is 76.3 Å². The van der Waals surface area contributed by atoms with Crippen molar-refractivity contribution in [1.82, 2.24) is 4.98 Å². The molecule has 2 heterocycles. The average molecular weight is 195 g/mol. The van der Waals surface area contributed by atoms with E-state index in [9.17, 15) is 9.59 Å². The molecule has 5 nitrogen and oxygen atoms in total. The Morgan fingerprint density at radius 3 is 2.69 bits per heavy atom. The van der Waals surface area contributed by atoms with Crippen LogP contribution >= 0.6 is 11.3 Å². The standard InChI is InChI=1S/C7H5N3O2S/c8-4-3-5(11)10(6(4)12)7-9-1-2-13-7/h1-3H,8H2. The number of carbonyl (C=O) groups is 2. The summed E-state index contributed by atoms with van der Waals surface area (Å²) in [6, 6.07) is 0. The lowest BCUT2D eigenvalue weighted by Gasteiger charge is -2.08. The van der Waals surface area contributed by atoms with Crippen molar-refractivity contribution in [3.8, 4) is 0 Å². The molecule has 0 aliphatic carbocycles. The quantitative estimate of drug-likeness (QED) is 0.633. The van der Waals surface area contributed by atoms with Crippen LogP contribution in [0.25, 0.3) is 0 Å². The fraction of sp³-hybridized carbons (Fsp3) is 0. The van der Waals surface area contributed by atoms with Crippen molar-refractivity contribution in [3.05, 3.63) is 23.3 Å². The Labute approximate surface area is 77.5 Å². The lowest BCUT2D eigenvalue weighted by molar-refractivity contribution is -0.120. The molecule has 13 heavy (non-hydrogen) atoms. The minimum atomic E-state index is -0.500. The molecule has 2 rings (SSSR count). The number of hydrogen-bond acceptors (Lipinski definition) is 5. The second kappa shape index (κ2) is 2.67. The summed E-state index contributed by atoms with van der Waals surface area (Å²) < 4.78 is 0. The van der Waals surface area contributed by atoms with E-state index in [1.165, 1.54) is 17.5 Å². The molecule has 2 N–H and O–H groups in total. The van der Waals surface area contributed by atoms with Gasteiger partial charge in [0.2, 0.25) is 0 Å². The number of hydrogen-bond donors (Lipinski definition) is 1. The molecule has 0 spiro atoms. The summed E-state index contributed by atoms with van der Waals surface area (Å²) in [6.07, 6.45) is 2.62. The van der Waals surface area contributed by atoms with Gasteiger partial charge in [0, 0.05) is 17.7 Å². The summed E-state index contributed by atoms with van der Waals surface area (Å²) in [5.41, 5.74) is 5.25. The van der Waals surface area contributed by atoms with Gasteiger partial charge in [-0.05, 0) is 0 Å². The molecule has 0 saturated carbocycles. The Morgan fingerprint density at radius 2 is 2.23 bits per heavy atom. The van der Waals surface area contributed by atoms with E-state index in [1.807, 2.05) is 0 Å². The monoisotopic (exact) mass is 195 g/mol. The van der Waals surface area contributed by atoms with Crippen molar-refractivity contribution >= 4 is 28.3 Å². The van der Waals surface area contributed by atoms with E-state index in [0.717, 1.165) is 11.0 Å². The highest BCUT2D eigenvalue weighted by Crippen LogP contribution is 2.22. The first-order valence-corrected chi connectivity index (χ1v) is 4.33. The lowest BCUT2D eigenvalue weighted by atomic mass is 10.5. The molecule has 0 fully saturated rings. The van der Waals surface area contributed by atoms with E-state index in [1.54, 1.807) is 5.38 Å². The molecule has 0 unspecified atom stereocenters. The smallest absolute Gasteiger partial charge is 0.283 e. The minimum absolute atomic E-state index is 0.0415. The van der Waals surface area contributed by atoms with Crippen molar-refractivity contribution in [1.29, 1.82) is 0 Å². The average Bonchev–Trinajstić information content (AvgIpc) is 2.63. The molecule has 1 aliphatic heterocycles. The summed E-state index contributed by atoms with van der Waals surface area (Å²) in [6.45, 7) is 0. The lowest BCUT2D eigenvalue weighted by Crippen LogP contribution is -2.31. The molecular weight excluding hydrogens is 190 g/mol. The van der Waals surface area contributed by atoms with Crippen LogP contribution in [0.1, 0.15) is 0 Å². The van der Waals surface area contributed by atoms with Crippen LogP contribution in [0.3, 0.4) is 0 Å². The first-order valence-electron chi connectivity index (χ1n) is 3.45. The highest BCUT2D eigenvalue weighted by molar-refractivity contribution is 7.14. The molecule has 0 aromatic carbocycles. The molecule has 0 atom stereocenters. The molecule has 0 bridgehead atoms. The van der Waals surface area contributed by atoms with Crippen LogP contribution in [-0.2, 0) is 9.59 Å². The van der Waals surface area contributed by atoms with Gasteiger partial charge in [0.05, 0.1) is 0 Å². The van der Waals surface area contributed by atoms with Crippen LogP contribution < -0.4 is 10.6 Å². The predicted molar refractivity (Wildman–Crippen MR) is 46.9 cm³/mol. The van der Waals surface area contributed by atoms with Gasteiger partial charge in [-0.2, -0.15) is 0 Å². The van der Waals surface area contributed by atoms with Crippen LogP contribution in [0.15, 0.2) is 23.3 Å². The van der Waals surface area contributed by atoms with Gasteiger partial charge in [0.1, 0.15) is 5.70 Å². The van der Waals surface area contributed by atoms with Gasteiger partial charge in [0.25, 0.3) is 11.8 Å². The number of rotatable bonds is 1. The Kier molecular flexibility index (Phi) is 1.63. The Balaban J connectivity index is 2.39. The van der Waals surface area contributed by atoms with Gasteiger partial charge in [0.15, 0.2) is 5.13 Å². The van der Waals surface area contributed by atoms with E-state index >= 15 is 0 Å². The largest absolute Gasteiger partial charge is 0.394 e.